The van der Waals surface area contributed by atoms with Gasteiger partial charge in [-0.05, 0) is 51.7 Å². The van der Waals surface area contributed by atoms with E-state index in [1.54, 1.807) is 0 Å². The summed E-state index contributed by atoms with van der Waals surface area (Å²) in [6.07, 6.45) is 5.59. The molecule has 1 aliphatic heterocycles. The molecule has 1 aromatic rings. The Bertz CT molecular complexity index is 559. The number of hydrogen-bond donors (Lipinski definition) is 2. The second-order valence-electron chi connectivity index (χ2n) is 8.23. The predicted octanol–water partition coefficient (Wildman–Crippen LogP) is 3.77. The number of aliphatic imine (C=N–C) groups is 1. The number of guanidine groups is 1. The van der Waals surface area contributed by atoms with Crippen molar-refractivity contribution in [3.05, 3.63) is 17.8 Å². The Morgan fingerprint density at radius 3 is 2.52 bits per heavy atom. The van der Waals surface area contributed by atoms with Crippen LogP contribution in [-0.4, -0.2) is 48.6 Å². The number of piperidine rings is 1. The van der Waals surface area contributed by atoms with Crippen LogP contribution < -0.4 is 10.6 Å². The minimum atomic E-state index is -0.0235. The third-order valence-corrected chi connectivity index (χ3v) is 4.81. The minimum absolute atomic E-state index is 0. The van der Waals surface area contributed by atoms with Crippen LogP contribution in [0.2, 0.25) is 0 Å². The van der Waals surface area contributed by atoms with Gasteiger partial charge < -0.3 is 20.0 Å². The molecule has 6 nitrogen and oxygen atoms in total. The van der Waals surface area contributed by atoms with Crippen LogP contribution >= 0.6 is 24.0 Å². The van der Waals surface area contributed by atoms with E-state index in [9.17, 15) is 0 Å². The second kappa shape index (κ2) is 11.9. The van der Waals surface area contributed by atoms with Gasteiger partial charge in [0.1, 0.15) is 12.3 Å². The van der Waals surface area contributed by atoms with Gasteiger partial charge in [0, 0.05) is 18.5 Å². The van der Waals surface area contributed by atoms with Crippen molar-refractivity contribution in [2.45, 2.75) is 65.8 Å². The van der Waals surface area contributed by atoms with Crippen molar-refractivity contribution in [2.24, 2.45) is 10.9 Å². The molecule has 2 rings (SSSR count). The minimum Gasteiger partial charge on any atom is -0.443 e. The molecule has 27 heavy (non-hydrogen) atoms. The maximum Gasteiger partial charge on any atom is 0.216 e. The Morgan fingerprint density at radius 2 is 1.96 bits per heavy atom. The highest BCUT2D eigenvalue weighted by Gasteiger charge is 2.20. The number of nitrogens with zero attached hydrogens (tertiary/aromatic N) is 3. The molecule has 1 fully saturated rings. The molecule has 0 spiro atoms. The summed E-state index contributed by atoms with van der Waals surface area (Å²) in [6.45, 7) is 16.7. The fraction of sp³-hybridized carbons (Fsp3) is 0.800. The molecule has 2 N–H and O–H groups in total. The second-order valence-corrected chi connectivity index (χ2v) is 8.23. The molecule has 0 bridgehead atoms. The molecule has 0 saturated carbocycles. The van der Waals surface area contributed by atoms with Crippen LogP contribution in [0.5, 0.6) is 0 Å². The monoisotopic (exact) mass is 491 g/mol. The largest absolute Gasteiger partial charge is 0.443 e. The van der Waals surface area contributed by atoms with Gasteiger partial charge in [0.15, 0.2) is 5.96 Å². The third-order valence-electron chi connectivity index (χ3n) is 4.81. The first kappa shape index (κ1) is 24.2. The molecule has 0 aromatic carbocycles. The average molecular weight is 491 g/mol. The topological polar surface area (TPSA) is 65.7 Å². The van der Waals surface area contributed by atoms with E-state index in [1.807, 2.05) is 6.20 Å². The van der Waals surface area contributed by atoms with E-state index in [0.29, 0.717) is 12.4 Å². The molecule has 7 heteroatoms. The summed E-state index contributed by atoms with van der Waals surface area (Å²) in [4.78, 5) is 11.6. The van der Waals surface area contributed by atoms with Crippen LogP contribution in [0.1, 0.15) is 65.5 Å². The summed E-state index contributed by atoms with van der Waals surface area (Å²) in [6, 6.07) is 0. The quantitative estimate of drug-likeness (QED) is 0.346. The predicted molar refractivity (Wildman–Crippen MR) is 123 cm³/mol. The number of aromatic nitrogens is 1. The number of oxazole rings is 1. The molecule has 1 aliphatic rings. The molecule has 2 heterocycles. The number of nitrogens with one attached hydrogen (secondary N) is 2. The SMILES string of the molecule is CCCN1CCC(CNC(=NCc2ncc(C(C)(C)C)o2)NCC)CC1.I. The van der Waals surface area contributed by atoms with Gasteiger partial charge in [0.25, 0.3) is 0 Å². The smallest absolute Gasteiger partial charge is 0.216 e. The Hall–Kier alpha value is -0.830. The van der Waals surface area contributed by atoms with Gasteiger partial charge in [-0.3, -0.25) is 0 Å². The Kier molecular flexibility index (Phi) is 10.7. The van der Waals surface area contributed by atoms with Crippen molar-refractivity contribution < 1.29 is 4.42 Å². The molecule has 0 aliphatic carbocycles. The zero-order valence-corrected chi connectivity index (χ0v) is 20.0. The van der Waals surface area contributed by atoms with Crippen LogP contribution in [0.15, 0.2) is 15.6 Å². The van der Waals surface area contributed by atoms with Gasteiger partial charge in [-0.25, -0.2) is 9.98 Å². The van der Waals surface area contributed by atoms with E-state index < -0.39 is 0 Å². The lowest BCUT2D eigenvalue weighted by atomic mass is 9.94. The van der Waals surface area contributed by atoms with E-state index >= 15 is 0 Å². The molecule has 0 amide bonds. The first-order valence-electron chi connectivity index (χ1n) is 10.1. The van der Waals surface area contributed by atoms with Crippen LogP contribution in [0.3, 0.4) is 0 Å². The number of halogens is 1. The van der Waals surface area contributed by atoms with Crippen molar-refractivity contribution in [2.75, 3.05) is 32.7 Å². The van der Waals surface area contributed by atoms with Crippen LogP contribution in [0.25, 0.3) is 0 Å². The summed E-state index contributed by atoms with van der Waals surface area (Å²) in [5.74, 6) is 3.14. The van der Waals surface area contributed by atoms with Gasteiger partial charge >= 0.3 is 0 Å². The fourth-order valence-corrected chi connectivity index (χ4v) is 3.19. The van der Waals surface area contributed by atoms with Crippen molar-refractivity contribution in [1.82, 2.24) is 20.5 Å². The number of rotatable bonds is 7. The average Bonchev–Trinajstić information content (AvgIpc) is 3.08. The van der Waals surface area contributed by atoms with E-state index in [-0.39, 0.29) is 29.4 Å². The summed E-state index contributed by atoms with van der Waals surface area (Å²) >= 11 is 0. The maximum atomic E-state index is 5.83. The molecule has 156 valence electrons. The lowest BCUT2D eigenvalue weighted by Crippen LogP contribution is -2.43. The summed E-state index contributed by atoms with van der Waals surface area (Å²) in [5, 5.41) is 6.81. The Labute approximate surface area is 182 Å². The van der Waals surface area contributed by atoms with Gasteiger partial charge in [-0.1, -0.05) is 27.7 Å². The van der Waals surface area contributed by atoms with Crippen LogP contribution in [0.4, 0.5) is 0 Å². The molecule has 1 saturated heterocycles. The van der Waals surface area contributed by atoms with Crippen molar-refractivity contribution in [1.29, 1.82) is 0 Å². The lowest BCUT2D eigenvalue weighted by Gasteiger charge is -2.32. The molecular formula is C20H38IN5O. The van der Waals surface area contributed by atoms with Gasteiger partial charge in [0.2, 0.25) is 5.89 Å². The highest BCUT2D eigenvalue weighted by molar-refractivity contribution is 14.0. The summed E-state index contributed by atoms with van der Waals surface area (Å²) in [5.41, 5.74) is -0.0235. The highest BCUT2D eigenvalue weighted by Crippen LogP contribution is 2.22. The van der Waals surface area contributed by atoms with Gasteiger partial charge in [-0.2, -0.15) is 0 Å². The van der Waals surface area contributed by atoms with Gasteiger partial charge in [0.05, 0.1) is 6.20 Å². The molecule has 0 radical (unpaired) electrons. The van der Waals surface area contributed by atoms with E-state index in [1.165, 1.54) is 38.9 Å². The van der Waals surface area contributed by atoms with E-state index in [4.69, 9.17) is 4.42 Å². The van der Waals surface area contributed by atoms with E-state index in [0.717, 1.165) is 30.7 Å². The standard InChI is InChI=1S/C20H37N5O.HI/c1-6-10-25-11-8-16(9-12-25)13-23-19(21-7-2)24-15-18-22-14-17(26-18)20(3,4)5;/h14,16H,6-13,15H2,1-5H3,(H2,21,23,24);1H. The molecule has 1 aromatic heterocycles. The lowest BCUT2D eigenvalue weighted by molar-refractivity contribution is 0.185. The number of likely N-dealkylation sites (tertiary alicyclic amines) is 1. The van der Waals surface area contributed by atoms with E-state index in [2.05, 4.69) is 60.1 Å². The third kappa shape index (κ3) is 8.37. The normalized spacial score (nSPS) is 16.9. The van der Waals surface area contributed by atoms with Gasteiger partial charge in [-0.15, -0.1) is 24.0 Å². The van der Waals surface area contributed by atoms with Crippen molar-refractivity contribution in [3.63, 3.8) is 0 Å². The molecule has 0 atom stereocenters. The number of hydrogen-bond acceptors (Lipinski definition) is 4. The summed E-state index contributed by atoms with van der Waals surface area (Å²) < 4.78 is 5.83. The Balaban J connectivity index is 0.00000364. The zero-order valence-electron chi connectivity index (χ0n) is 17.7. The van der Waals surface area contributed by atoms with Crippen LogP contribution in [0, 0.1) is 5.92 Å². The highest BCUT2D eigenvalue weighted by atomic mass is 127. The zero-order chi connectivity index (χ0) is 19.0. The van der Waals surface area contributed by atoms with Crippen molar-refractivity contribution in [3.8, 4) is 0 Å². The molecular weight excluding hydrogens is 453 g/mol. The fourth-order valence-electron chi connectivity index (χ4n) is 3.19. The van der Waals surface area contributed by atoms with Crippen molar-refractivity contribution >= 4 is 29.9 Å². The molecule has 0 unspecified atom stereocenters. The van der Waals surface area contributed by atoms with Crippen LogP contribution in [-0.2, 0) is 12.0 Å². The first-order valence-corrected chi connectivity index (χ1v) is 10.1. The Morgan fingerprint density at radius 1 is 1.26 bits per heavy atom. The maximum absolute atomic E-state index is 5.83. The summed E-state index contributed by atoms with van der Waals surface area (Å²) in [7, 11) is 0. The first-order chi connectivity index (χ1) is 12.4.